The van der Waals surface area contributed by atoms with Crippen molar-refractivity contribution in [2.24, 2.45) is 0 Å². The molecule has 0 aliphatic carbocycles. The molecule has 6 nitrogen and oxygen atoms in total. The third-order valence-corrected chi connectivity index (χ3v) is 6.08. The summed E-state index contributed by atoms with van der Waals surface area (Å²) in [6.45, 7) is 3.66. The van der Waals surface area contributed by atoms with Crippen LogP contribution in [0.1, 0.15) is 51.0 Å². The lowest BCUT2D eigenvalue weighted by atomic mass is 10.1. The molecule has 1 aromatic carbocycles. The highest BCUT2D eigenvalue weighted by atomic mass is 32.2. The molecule has 2 amide bonds. The van der Waals surface area contributed by atoms with E-state index in [0.717, 1.165) is 44.2 Å². The third kappa shape index (κ3) is 5.96. The van der Waals surface area contributed by atoms with Gasteiger partial charge in [0, 0.05) is 19.5 Å². The van der Waals surface area contributed by atoms with E-state index in [-0.39, 0.29) is 18.6 Å². The van der Waals surface area contributed by atoms with Gasteiger partial charge in [0.05, 0.1) is 4.91 Å². The molecule has 156 valence electrons. The Morgan fingerprint density at radius 1 is 1.24 bits per heavy atom. The van der Waals surface area contributed by atoms with Crippen molar-refractivity contribution in [3.8, 4) is 11.5 Å². The number of ether oxygens (including phenoxy) is 2. The van der Waals surface area contributed by atoms with E-state index in [1.165, 1.54) is 11.8 Å². The molecule has 2 aliphatic heterocycles. The third-order valence-electron chi connectivity index (χ3n) is 4.71. The molecule has 3 rings (SSSR count). The molecular weight excluding hydrogens is 408 g/mol. The minimum absolute atomic E-state index is 0.0602. The minimum Gasteiger partial charge on any atom is -0.454 e. The van der Waals surface area contributed by atoms with Crippen molar-refractivity contribution in [2.75, 3.05) is 19.9 Å². The highest BCUT2D eigenvalue weighted by Crippen LogP contribution is 2.36. The molecule has 0 atom stereocenters. The summed E-state index contributed by atoms with van der Waals surface area (Å²) in [6, 6.07) is 5.60. The van der Waals surface area contributed by atoms with Crippen LogP contribution in [0.2, 0.25) is 0 Å². The summed E-state index contributed by atoms with van der Waals surface area (Å²) in [5.74, 6) is 1.45. The smallest absolute Gasteiger partial charge is 0.266 e. The average molecular weight is 435 g/mol. The first-order valence-electron chi connectivity index (χ1n) is 10.00. The predicted molar refractivity (Wildman–Crippen MR) is 119 cm³/mol. The summed E-state index contributed by atoms with van der Waals surface area (Å²) in [7, 11) is 0. The van der Waals surface area contributed by atoms with Crippen LogP contribution in [-0.2, 0) is 9.59 Å². The summed E-state index contributed by atoms with van der Waals surface area (Å²) in [5, 5.41) is 2.92. The molecule has 0 saturated carbocycles. The maximum Gasteiger partial charge on any atom is 0.266 e. The molecule has 2 heterocycles. The zero-order valence-electron chi connectivity index (χ0n) is 16.6. The topological polar surface area (TPSA) is 67.9 Å². The van der Waals surface area contributed by atoms with Crippen molar-refractivity contribution in [1.82, 2.24) is 10.2 Å². The van der Waals surface area contributed by atoms with Crippen molar-refractivity contribution < 1.29 is 19.1 Å². The maximum atomic E-state index is 12.7. The van der Waals surface area contributed by atoms with E-state index < -0.39 is 0 Å². The van der Waals surface area contributed by atoms with E-state index in [4.69, 9.17) is 21.7 Å². The van der Waals surface area contributed by atoms with Gasteiger partial charge in [-0.15, -0.1) is 0 Å². The van der Waals surface area contributed by atoms with Gasteiger partial charge in [-0.3, -0.25) is 14.5 Å². The number of amides is 2. The number of nitrogens with zero attached hydrogens (tertiary/aromatic N) is 1. The second-order valence-electron chi connectivity index (χ2n) is 6.96. The van der Waals surface area contributed by atoms with Gasteiger partial charge in [0.15, 0.2) is 11.5 Å². The number of unbranched alkanes of at least 4 members (excludes halogenated alkanes) is 3. The number of carbonyl (C=O) groups is 2. The van der Waals surface area contributed by atoms with Gasteiger partial charge >= 0.3 is 0 Å². The van der Waals surface area contributed by atoms with Gasteiger partial charge in [0.1, 0.15) is 4.32 Å². The Bertz CT molecular complexity index is 810. The van der Waals surface area contributed by atoms with E-state index in [0.29, 0.717) is 33.7 Å². The fraction of sp³-hybridized carbons (Fsp3) is 0.476. The molecule has 0 unspecified atom stereocenters. The first-order chi connectivity index (χ1) is 14.1. The van der Waals surface area contributed by atoms with E-state index in [2.05, 4.69) is 12.2 Å². The maximum absolute atomic E-state index is 12.7. The van der Waals surface area contributed by atoms with Crippen LogP contribution in [0, 0.1) is 0 Å². The van der Waals surface area contributed by atoms with Gasteiger partial charge in [-0.05, 0) is 43.0 Å². The first kappa shape index (κ1) is 21.6. The fourth-order valence-electron chi connectivity index (χ4n) is 3.07. The number of thioether (sulfide) groups is 1. The molecule has 8 heteroatoms. The molecular formula is C21H26N2O4S2. The summed E-state index contributed by atoms with van der Waals surface area (Å²) >= 11 is 6.71. The van der Waals surface area contributed by atoms with Crippen molar-refractivity contribution in [3.05, 3.63) is 28.7 Å². The van der Waals surface area contributed by atoms with Crippen molar-refractivity contribution in [1.29, 1.82) is 0 Å². The molecule has 1 fully saturated rings. The van der Waals surface area contributed by atoms with Crippen LogP contribution in [0.5, 0.6) is 11.5 Å². The summed E-state index contributed by atoms with van der Waals surface area (Å²) in [4.78, 5) is 26.7. The second-order valence-corrected chi connectivity index (χ2v) is 8.64. The van der Waals surface area contributed by atoms with Gasteiger partial charge in [0.25, 0.3) is 5.91 Å². The van der Waals surface area contributed by atoms with E-state index >= 15 is 0 Å². The van der Waals surface area contributed by atoms with E-state index in [1.807, 2.05) is 24.3 Å². The Kier molecular flexibility index (Phi) is 7.94. The van der Waals surface area contributed by atoms with Crippen LogP contribution >= 0.6 is 24.0 Å². The molecule has 0 spiro atoms. The van der Waals surface area contributed by atoms with E-state index in [1.54, 1.807) is 4.90 Å². The number of hydrogen-bond donors (Lipinski definition) is 1. The fourth-order valence-corrected chi connectivity index (χ4v) is 4.38. The van der Waals surface area contributed by atoms with Gasteiger partial charge < -0.3 is 14.8 Å². The number of carbonyl (C=O) groups excluding carboxylic acids is 2. The predicted octanol–water partition coefficient (Wildman–Crippen LogP) is 4.09. The molecule has 1 saturated heterocycles. The quantitative estimate of drug-likeness (QED) is 0.340. The Hall–Kier alpha value is -2.06. The summed E-state index contributed by atoms with van der Waals surface area (Å²) in [5.41, 5.74) is 0.879. The van der Waals surface area contributed by atoms with Crippen molar-refractivity contribution in [2.45, 2.75) is 45.4 Å². The lowest BCUT2D eigenvalue weighted by Crippen LogP contribution is -2.29. The number of fused-ring (bicyclic) bond motifs is 1. The highest BCUT2D eigenvalue weighted by Gasteiger charge is 2.31. The molecule has 29 heavy (non-hydrogen) atoms. The molecule has 1 N–H and O–H groups in total. The second kappa shape index (κ2) is 10.6. The molecule has 1 aromatic rings. The lowest BCUT2D eigenvalue weighted by Gasteiger charge is -2.14. The van der Waals surface area contributed by atoms with Gasteiger partial charge in [-0.1, -0.05) is 49.8 Å². The average Bonchev–Trinajstić information content (AvgIpc) is 3.27. The standard InChI is InChI=1S/C21H26N2O4S2/c1-2-3-10-22-19(24)7-5-4-6-11-23-20(25)18(29-21(23)28)13-15-8-9-16-17(12-15)27-14-26-16/h8-9,12-13H,2-7,10-11,14H2,1H3,(H,22,24)/b18-13-. The number of hydrogen-bond acceptors (Lipinski definition) is 6. The van der Waals surface area contributed by atoms with Crippen LogP contribution in [0.3, 0.4) is 0 Å². The molecule has 0 radical (unpaired) electrons. The van der Waals surface area contributed by atoms with E-state index in [9.17, 15) is 9.59 Å². The largest absolute Gasteiger partial charge is 0.454 e. The minimum atomic E-state index is -0.0602. The zero-order chi connectivity index (χ0) is 20.6. The highest BCUT2D eigenvalue weighted by molar-refractivity contribution is 8.26. The normalized spacial score (nSPS) is 16.7. The van der Waals surface area contributed by atoms with Crippen LogP contribution in [-0.4, -0.2) is 40.9 Å². The first-order valence-corrected chi connectivity index (χ1v) is 11.2. The Morgan fingerprint density at radius 3 is 2.90 bits per heavy atom. The summed E-state index contributed by atoms with van der Waals surface area (Å²) in [6.07, 6.45) is 6.99. The molecule has 2 aliphatic rings. The molecule has 0 aromatic heterocycles. The Morgan fingerprint density at radius 2 is 2.07 bits per heavy atom. The zero-order valence-corrected chi connectivity index (χ0v) is 18.2. The van der Waals surface area contributed by atoms with Crippen LogP contribution in [0.4, 0.5) is 0 Å². The van der Waals surface area contributed by atoms with Crippen molar-refractivity contribution >= 4 is 46.2 Å². The Balaban J connectivity index is 1.44. The Labute approximate surface area is 181 Å². The SMILES string of the molecule is CCCCNC(=O)CCCCCN1C(=O)/C(=C/c2ccc3c(c2)OCO3)SC1=S. The van der Waals surface area contributed by atoms with Gasteiger partial charge in [0.2, 0.25) is 12.7 Å². The number of thiocarbonyl (C=S) groups is 1. The monoisotopic (exact) mass is 434 g/mol. The number of benzene rings is 1. The number of rotatable bonds is 10. The van der Waals surface area contributed by atoms with Crippen LogP contribution in [0.15, 0.2) is 23.1 Å². The molecule has 0 bridgehead atoms. The van der Waals surface area contributed by atoms with Crippen LogP contribution < -0.4 is 14.8 Å². The van der Waals surface area contributed by atoms with Crippen molar-refractivity contribution in [3.63, 3.8) is 0 Å². The van der Waals surface area contributed by atoms with Gasteiger partial charge in [-0.2, -0.15) is 0 Å². The summed E-state index contributed by atoms with van der Waals surface area (Å²) < 4.78 is 11.3. The van der Waals surface area contributed by atoms with Crippen LogP contribution in [0.25, 0.3) is 6.08 Å². The number of nitrogens with one attached hydrogen (secondary N) is 1. The lowest BCUT2D eigenvalue weighted by molar-refractivity contribution is -0.122. The van der Waals surface area contributed by atoms with Gasteiger partial charge in [-0.25, -0.2) is 0 Å².